The SMILES string of the molecule is Nc1cc(=O)[nH]c(SCn2nnc3ccccc32)n1. The van der Waals surface area contributed by atoms with Crippen molar-refractivity contribution in [3.05, 3.63) is 40.7 Å². The summed E-state index contributed by atoms with van der Waals surface area (Å²) >= 11 is 1.34. The summed E-state index contributed by atoms with van der Waals surface area (Å²) in [6.07, 6.45) is 0. The van der Waals surface area contributed by atoms with E-state index in [9.17, 15) is 4.79 Å². The van der Waals surface area contributed by atoms with Gasteiger partial charge in [0.2, 0.25) is 0 Å². The van der Waals surface area contributed by atoms with Crippen LogP contribution in [0.4, 0.5) is 5.82 Å². The monoisotopic (exact) mass is 274 g/mol. The molecule has 0 spiro atoms. The number of aromatic amines is 1. The minimum absolute atomic E-state index is 0.203. The first-order chi connectivity index (χ1) is 9.22. The standard InChI is InChI=1S/C11H10N6OS/c12-9-5-10(18)14-11(13-9)19-6-17-8-4-2-1-3-7(8)15-16-17/h1-5H,6H2,(H3,12,13,14,18). The predicted octanol–water partition coefficient (Wildman–Crippen LogP) is 0.847. The van der Waals surface area contributed by atoms with E-state index in [0.29, 0.717) is 11.0 Å². The largest absolute Gasteiger partial charge is 0.383 e. The molecule has 0 bridgehead atoms. The zero-order valence-electron chi connectivity index (χ0n) is 9.78. The van der Waals surface area contributed by atoms with E-state index in [1.54, 1.807) is 4.68 Å². The molecule has 96 valence electrons. The van der Waals surface area contributed by atoms with Crippen LogP contribution in [0.25, 0.3) is 11.0 Å². The van der Waals surface area contributed by atoms with E-state index in [0.717, 1.165) is 11.0 Å². The molecular weight excluding hydrogens is 264 g/mol. The molecule has 0 saturated carbocycles. The number of thioether (sulfide) groups is 1. The molecular formula is C11H10N6OS. The fourth-order valence-corrected chi connectivity index (χ4v) is 2.43. The van der Waals surface area contributed by atoms with Crippen molar-refractivity contribution in [2.24, 2.45) is 0 Å². The van der Waals surface area contributed by atoms with Gasteiger partial charge in [0.25, 0.3) is 5.56 Å². The van der Waals surface area contributed by atoms with Crippen LogP contribution in [0.1, 0.15) is 0 Å². The number of hydrogen-bond acceptors (Lipinski definition) is 6. The average molecular weight is 274 g/mol. The van der Waals surface area contributed by atoms with Gasteiger partial charge in [-0.1, -0.05) is 29.1 Å². The van der Waals surface area contributed by atoms with Gasteiger partial charge >= 0.3 is 0 Å². The summed E-state index contributed by atoms with van der Waals surface area (Å²) in [6.45, 7) is 0. The lowest BCUT2D eigenvalue weighted by molar-refractivity contribution is 0.720. The Balaban J connectivity index is 1.84. The third-order valence-corrected chi connectivity index (χ3v) is 3.32. The maximum Gasteiger partial charge on any atom is 0.253 e. The van der Waals surface area contributed by atoms with Gasteiger partial charge < -0.3 is 10.7 Å². The molecule has 0 fully saturated rings. The molecule has 0 aliphatic carbocycles. The fraction of sp³-hybridized carbons (Fsp3) is 0.0909. The molecule has 0 radical (unpaired) electrons. The highest BCUT2D eigenvalue weighted by molar-refractivity contribution is 7.98. The third-order valence-electron chi connectivity index (χ3n) is 2.48. The maximum absolute atomic E-state index is 11.3. The molecule has 3 aromatic rings. The third kappa shape index (κ3) is 2.43. The molecule has 2 aromatic heterocycles. The molecule has 3 N–H and O–H groups in total. The summed E-state index contributed by atoms with van der Waals surface area (Å²) in [5, 5.41) is 8.56. The normalized spacial score (nSPS) is 10.9. The second-order valence-corrected chi connectivity index (χ2v) is 4.76. The first-order valence-corrected chi connectivity index (χ1v) is 6.49. The summed E-state index contributed by atoms with van der Waals surface area (Å²) < 4.78 is 1.74. The number of fused-ring (bicyclic) bond motifs is 1. The Morgan fingerprint density at radius 2 is 2.21 bits per heavy atom. The second kappa shape index (κ2) is 4.73. The van der Waals surface area contributed by atoms with Gasteiger partial charge in [-0.2, -0.15) is 0 Å². The van der Waals surface area contributed by atoms with Crippen LogP contribution in [0.15, 0.2) is 40.3 Å². The zero-order valence-corrected chi connectivity index (χ0v) is 10.6. The van der Waals surface area contributed by atoms with E-state index in [1.807, 2.05) is 24.3 Å². The van der Waals surface area contributed by atoms with E-state index in [1.165, 1.54) is 17.8 Å². The molecule has 7 nitrogen and oxygen atoms in total. The smallest absolute Gasteiger partial charge is 0.253 e. The summed E-state index contributed by atoms with van der Waals surface area (Å²) in [4.78, 5) is 17.9. The van der Waals surface area contributed by atoms with E-state index >= 15 is 0 Å². The Morgan fingerprint density at radius 1 is 1.37 bits per heavy atom. The van der Waals surface area contributed by atoms with Crippen molar-refractivity contribution in [1.29, 1.82) is 0 Å². The van der Waals surface area contributed by atoms with Gasteiger partial charge in [-0.05, 0) is 12.1 Å². The average Bonchev–Trinajstić information content (AvgIpc) is 2.78. The van der Waals surface area contributed by atoms with Gasteiger partial charge in [-0.15, -0.1) is 5.10 Å². The number of nitrogens with zero attached hydrogens (tertiary/aromatic N) is 4. The molecule has 19 heavy (non-hydrogen) atoms. The molecule has 0 aliphatic rings. The van der Waals surface area contributed by atoms with Crippen molar-refractivity contribution >= 4 is 28.6 Å². The lowest BCUT2D eigenvalue weighted by Gasteiger charge is -2.02. The lowest BCUT2D eigenvalue weighted by Crippen LogP contribution is -2.10. The molecule has 0 aliphatic heterocycles. The van der Waals surface area contributed by atoms with Gasteiger partial charge in [-0.25, -0.2) is 9.67 Å². The van der Waals surface area contributed by atoms with Crippen LogP contribution in [0.3, 0.4) is 0 Å². The van der Waals surface area contributed by atoms with Crippen LogP contribution >= 0.6 is 11.8 Å². The number of para-hydroxylation sites is 1. The zero-order chi connectivity index (χ0) is 13.2. The molecule has 0 unspecified atom stereocenters. The van der Waals surface area contributed by atoms with Crippen molar-refractivity contribution in [3.63, 3.8) is 0 Å². The number of nitrogens with two attached hydrogens (primary N) is 1. The fourth-order valence-electron chi connectivity index (χ4n) is 1.66. The molecule has 8 heteroatoms. The summed E-state index contributed by atoms with van der Waals surface area (Å²) in [5.41, 5.74) is 7.02. The van der Waals surface area contributed by atoms with Crippen LogP contribution in [0.2, 0.25) is 0 Å². The number of hydrogen-bond donors (Lipinski definition) is 2. The minimum atomic E-state index is -0.265. The molecule has 0 atom stereocenters. The summed E-state index contributed by atoms with van der Waals surface area (Å²) in [6, 6.07) is 8.91. The van der Waals surface area contributed by atoms with Crippen molar-refractivity contribution in [2.75, 3.05) is 5.73 Å². The Bertz CT molecular complexity index is 780. The van der Waals surface area contributed by atoms with E-state index in [2.05, 4.69) is 20.3 Å². The number of nitrogens with one attached hydrogen (secondary N) is 1. The predicted molar refractivity (Wildman–Crippen MR) is 72.7 cm³/mol. The van der Waals surface area contributed by atoms with Gasteiger partial charge in [0.05, 0.1) is 11.4 Å². The van der Waals surface area contributed by atoms with Gasteiger partial charge in [-0.3, -0.25) is 4.79 Å². The number of rotatable bonds is 3. The Morgan fingerprint density at radius 3 is 3.05 bits per heavy atom. The number of nitrogen functional groups attached to an aromatic ring is 1. The molecule has 0 amide bonds. The summed E-state index contributed by atoms with van der Waals surface area (Å²) in [7, 11) is 0. The summed E-state index contributed by atoms with van der Waals surface area (Å²) in [5.74, 6) is 0.696. The van der Waals surface area contributed by atoms with Crippen LogP contribution in [-0.4, -0.2) is 25.0 Å². The van der Waals surface area contributed by atoms with Crippen LogP contribution in [0.5, 0.6) is 0 Å². The first kappa shape index (κ1) is 11.7. The van der Waals surface area contributed by atoms with E-state index in [-0.39, 0.29) is 11.4 Å². The van der Waals surface area contributed by atoms with Gasteiger partial charge in [0.1, 0.15) is 11.3 Å². The van der Waals surface area contributed by atoms with E-state index in [4.69, 9.17) is 5.73 Å². The second-order valence-electron chi connectivity index (χ2n) is 3.83. The highest BCUT2D eigenvalue weighted by Crippen LogP contribution is 2.17. The molecule has 2 heterocycles. The first-order valence-electron chi connectivity index (χ1n) is 5.50. The quantitative estimate of drug-likeness (QED) is 0.542. The van der Waals surface area contributed by atoms with Crippen molar-refractivity contribution in [2.45, 2.75) is 11.0 Å². The molecule has 3 rings (SSSR count). The molecule has 0 saturated heterocycles. The minimum Gasteiger partial charge on any atom is -0.383 e. The molecule has 1 aromatic carbocycles. The van der Waals surface area contributed by atoms with Crippen LogP contribution in [0, 0.1) is 0 Å². The maximum atomic E-state index is 11.3. The van der Waals surface area contributed by atoms with Gasteiger partial charge in [0, 0.05) is 6.07 Å². The number of H-pyrrole nitrogens is 1. The van der Waals surface area contributed by atoms with Gasteiger partial charge in [0.15, 0.2) is 5.16 Å². The van der Waals surface area contributed by atoms with Crippen molar-refractivity contribution < 1.29 is 0 Å². The van der Waals surface area contributed by atoms with Crippen LogP contribution in [-0.2, 0) is 5.88 Å². The topological polar surface area (TPSA) is 102 Å². The van der Waals surface area contributed by atoms with E-state index < -0.39 is 0 Å². The highest BCUT2D eigenvalue weighted by Gasteiger charge is 2.05. The van der Waals surface area contributed by atoms with Crippen molar-refractivity contribution in [1.82, 2.24) is 25.0 Å². The Labute approximate surface area is 111 Å². The lowest BCUT2D eigenvalue weighted by atomic mass is 10.3. The van der Waals surface area contributed by atoms with Crippen molar-refractivity contribution in [3.8, 4) is 0 Å². The Hall–Kier alpha value is -2.35. The van der Waals surface area contributed by atoms with Crippen LogP contribution < -0.4 is 11.3 Å². The number of aromatic nitrogens is 5. The number of benzene rings is 1. The highest BCUT2D eigenvalue weighted by atomic mass is 32.2. The Kier molecular flexibility index (Phi) is 2.92. The number of anilines is 1.